The van der Waals surface area contributed by atoms with Crippen LogP contribution in [0.4, 0.5) is 11.4 Å². The van der Waals surface area contributed by atoms with E-state index in [2.05, 4.69) is 29.5 Å². The van der Waals surface area contributed by atoms with Crippen LogP contribution in [0.25, 0.3) is 0 Å². The minimum Gasteiger partial charge on any atom is -0.335 e. The molecule has 1 amide bonds. The van der Waals surface area contributed by atoms with E-state index in [1.807, 2.05) is 24.3 Å². The first kappa shape index (κ1) is 13.9. The van der Waals surface area contributed by atoms with Crippen molar-refractivity contribution in [3.8, 4) is 0 Å². The van der Waals surface area contributed by atoms with Crippen molar-refractivity contribution in [3.63, 3.8) is 0 Å². The third kappa shape index (κ3) is 4.28. The summed E-state index contributed by atoms with van der Waals surface area (Å²) in [5.74, 6) is 1.03. The average Bonchev–Trinajstić information content (AvgIpc) is 2.30. The van der Waals surface area contributed by atoms with Crippen molar-refractivity contribution in [2.24, 2.45) is 4.99 Å². The largest absolute Gasteiger partial charge is 0.335 e. The summed E-state index contributed by atoms with van der Waals surface area (Å²) in [6.07, 6.45) is 1.10. The number of aliphatic imine (C=N–C) groups is 1. The number of nitrogens with one attached hydrogen (secondary N) is 2. The van der Waals surface area contributed by atoms with Crippen LogP contribution in [0.15, 0.2) is 29.3 Å². The summed E-state index contributed by atoms with van der Waals surface area (Å²) in [5, 5.41) is 7.03. The Morgan fingerprint density at radius 2 is 1.89 bits per heavy atom. The fraction of sp³-hybridized carbons (Fsp3) is 0.429. The van der Waals surface area contributed by atoms with Crippen molar-refractivity contribution in [1.82, 2.24) is 0 Å². The number of hydrogen-bond acceptors (Lipinski definition) is 4. The molecule has 0 fully saturated rings. The van der Waals surface area contributed by atoms with Crippen LogP contribution in [0.1, 0.15) is 27.2 Å². The molecule has 0 radical (unpaired) electrons. The van der Waals surface area contributed by atoms with Crippen LogP contribution in [0.3, 0.4) is 0 Å². The number of hydrogen-bond donors (Lipinski definition) is 2. The van der Waals surface area contributed by atoms with Crippen molar-refractivity contribution >= 4 is 34.2 Å². The first-order valence-electron chi connectivity index (χ1n) is 6.32. The summed E-state index contributed by atoms with van der Waals surface area (Å²) >= 11 is 1.74. The van der Waals surface area contributed by atoms with E-state index < -0.39 is 0 Å². The van der Waals surface area contributed by atoms with E-state index in [9.17, 15) is 4.79 Å². The molecule has 0 unspecified atom stereocenters. The molecule has 2 rings (SSSR count). The summed E-state index contributed by atoms with van der Waals surface area (Å²) in [5.41, 5.74) is 1.80. The second kappa shape index (κ2) is 5.65. The lowest BCUT2D eigenvalue weighted by Crippen LogP contribution is -2.27. The summed E-state index contributed by atoms with van der Waals surface area (Å²) in [7, 11) is 0. The van der Waals surface area contributed by atoms with Gasteiger partial charge in [-0.2, -0.15) is 0 Å². The fourth-order valence-electron chi connectivity index (χ4n) is 1.79. The smallest absolute Gasteiger partial charge is 0.221 e. The lowest BCUT2D eigenvalue weighted by atomic mass is 10.0. The third-order valence-corrected chi connectivity index (χ3v) is 3.69. The van der Waals surface area contributed by atoms with E-state index in [4.69, 9.17) is 0 Å². The Kier molecular flexibility index (Phi) is 4.14. The van der Waals surface area contributed by atoms with E-state index in [1.165, 1.54) is 6.92 Å². The zero-order valence-corrected chi connectivity index (χ0v) is 12.3. The number of benzene rings is 1. The number of nitrogens with zero attached hydrogens (tertiary/aromatic N) is 1. The monoisotopic (exact) mass is 277 g/mol. The molecular weight excluding hydrogens is 258 g/mol. The molecule has 0 saturated carbocycles. The lowest BCUT2D eigenvalue weighted by molar-refractivity contribution is -0.114. The number of amidine groups is 1. The molecule has 1 aliphatic heterocycles. The zero-order chi connectivity index (χ0) is 13.9. The summed E-state index contributed by atoms with van der Waals surface area (Å²) in [6, 6.07) is 7.64. The van der Waals surface area contributed by atoms with Gasteiger partial charge in [0, 0.05) is 24.1 Å². The van der Waals surface area contributed by atoms with Gasteiger partial charge in [-0.3, -0.25) is 9.79 Å². The molecule has 0 spiro atoms. The van der Waals surface area contributed by atoms with Gasteiger partial charge < -0.3 is 10.6 Å². The maximum absolute atomic E-state index is 10.9. The second-order valence-electron chi connectivity index (χ2n) is 5.21. The van der Waals surface area contributed by atoms with Crippen LogP contribution in [-0.4, -0.2) is 22.4 Å². The highest BCUT2D eigenvalue weighted by Gasteiger charge is 2.22. The molecule has 5 heteroatoms. The highest BCUT2D eigenvalue weighted by atomic mass is 32.2. The number of rotatable bonds is 2. The summed E-state index contributed by atoms with van der Waals surface area (Å²) in [4.78, 5) is 15.6. The molecule has 19 heavy (non-hydrogen) atoms. The molecular formula is C14H19N3OS. The predicted octanol–water partition coefficient (Wildman–Crippen LogP) is 3.33. The average molecular weight is 277 g/mol. The molecule has 4 nitrogen and oxygen atoms in total. The fourth-order valence-corrected chi connectivity index (χ4v) is 3.08. The van der Waals surface area contributed by atoms with E-state index in [0.29, 0.717) is 0 Å². The molecule has 1 heterocycles. The number of carbonyl (C=O) groups excluding carboxylic acids is 1. The first-order valence-corrected chi connectivity index (χ1v) is 7.30. The molecule has 0 saturated heterocycles. The van der Waals surface area contributed by atoms with Crippen molar-refractivity contribution in [2.45, 2.75) is 32.7 Å². The van der Waals surface area contributed by atoms with Crippen LogP contribution in [0.2, 0.25) is 0 Å². The van der Waals surface area contributed by atoms with Crippen molar-refractivity contribution in [2.75, 3.05) is 16.4 Å². The van der Waals surface area contributed by atoms with Crippen LogP contribution >= 0.6 is 11.8 Å². The molecule has 1 aliphatic rings. The lowest BCUT2D eigenvalue weighted by Gasteiger charge is -2.26. The highest BCUT2D eigenvalue weighted by molar-refractivity contribution is 8.14. The summed E-state index contributed by atoms with van der Waals surface area (Å²) < 4.78 is 0. The Morgan fingerprint density at radius 3 is 2.47 bits per heavy atom. The van der Waals surface area contributed by atoms with Gasteiger partial charge in [0.2, 0.25) is 5.91 Å². The second-order valence-corrected chi connectivity index (χ2v) is 6.30. The number of amides is 1. The van der Waals surface area contributed by atoms with Gasteiger partial charge in [-0.25, -0.2) is 0 Å². The van der Waals surface area contributed by atoms with E-state index in [-0.39, 0.29) is 11.4 Å². The van der Waals surface area contributed by atoms with Gasteiger partial charge >= 0.3 is 0 Å². The third-order valence-electron chi connectivity index (χ3n) is 2.81. The molecule has 0 atom stereocenters. The Bertz CT molecular complexity index is 494. The number of thioether (sulfide) groups is 1. The van der Waals surface area contributed by atoms with Crippen LogP contribution in [0, 0.1) is 0 Å². The summed E-state index contributed by atoms with van der Waals surface area (Å²) in [6.45, 7) is 5.80. The van der Waals surface area contributed by atoms with Gasteiger partial charge in [-0.15, -0.1) is 0 Å². The molecule has 0 aliphatic carbocycles. The maximum Gasteiger partial charge on any atom is 0.221 e. The zero-order valence-electron chi connectivity index (χ0n) is 11.5. The predicted molar refractivity (Wildman–Crippen MR) is 83.0 cm³/mol. The van der Waals surface area contributed by atoms with Gasteiger partial charge in [0.25, 0.3) is 0 Å². The Balaban J connectivity index is 2.03. The molecule has 0 aromatic heterocycles. The molecule has 0 bridgehead atoms. The quantitative estimate of drug-likeness (QED) is 0.872. The Hall–Kier alpha value is -1.49. The van der Waals surface area contributed by atoms with Crippen LogP contribution < -0.4 is 10.6 Å². The van der Waals surface area contributed by atoms with E-state index >= 15 is 0 Å². The maximum atomic E-state index is 10.9. The number of carbonyl (C=O) groups is 1. The van der Waals surface area contributed by atoms with Gasteiger partial charge in [0.1, 0.15) is 0 Å². The van der Waals surface area contributed by atoms with Gasteiger partial charge in [-0.1, -0.05) is 11.8 Å². The van der Waals surface area contributed by atoms with Crippen molar-refractivity contribution < 1.29 is 4.79 Å². The van der Waals surface area contributed by atoms with Gasteiger partial charge in [0.15, 0.2) is 5.17 Å². The van der Waals surface area contributed by atoms with Gasteiger partial charge in [-0.05, 0) is 44.5 Å². The van der Waals surface area contributed by atoms with Crippen LogP contribution in [0.5, 0.6) is 0 Å². The molecule has 2 N–H and O–H groups in total. The molecule has 1 aromatic rings. The molecule has 102 valence electrons. The minimum absolute atomic E-state index is 0.0176. The topological polar surface area (TPSA) is 53.5 Å². The van der Waals surface area contributed by atoms with E-state index in [0.717, 1.165) is 28.7 Å². The van der Waals surface area contributed by atoms with Crippen molar-refractivity contribution in [3.05, 3.63) is 24.3 Å². The minimum atomic E-state index is -0.0605. The first-order chi connectivity index (χ1) is 8.94. The highest BCUT2D eigenvalue weighted by Crippen LogP contribution is 2.27. The Morgan fingerprint density at radius 1 is 1.26 bits per heavy atom. The standard InChI is InChI=1S/C14H19N3OS/c1-10(18)15-11-4-6-12(7-5-11)16-13-17-14(2,3)8-9-19-13/h4-7H,8-9H2,1-3H3,(H,15,18)(H,16,17). The Labute approximate surface area is 118 Å². The molecule has 1 aromatic carbocycles. The van der Waals surface area contributed by atoms with Crippen molar-refractivity contribution in [1.29, 1.82) is 0 Å². The van der Waals surface area contributed by atoms with Gasteiger partial charge in [0.05, 0.1) is 5.54 Å². The van der Waals surface area contributed by atoms with Crippen LogP contribution in [-0.2, 0) is 4.79 Å². The normalized spacial score (nSPS) is 17.5. The number of anilines is 2. The van der Waals surface area contributed by atoms with E-state index in [1.54, 1.807) is 11.8 Å². The SMILES string of the molecule is CC(=O)Nc1ccc(NC2=NC(C)(C)CCS2)cc1.